The molecule has 0 unspecified atom stereocenters. The molecule has 134 valence electrons. The van der Waals surface area contributed by atoms with Crippen molar-refractivity contribution in [1.29, 1.82) is 0 Å². The molecule has 0 fully saturated rings. The van der Waals surface area contributed by atoms with Crippen LogP contribution in [-0.2, 0) is 4.79 Å². The highest BCUT2D eigenvalue weighted by Gasteiger charge is 2.11. The van der Waals surface area contributed by atoms with Gasteiger partial charge in [-0.15, -0.1) is 11.8 Å². The van der Waals surface area contributed by atoms with Gasteiger partial charge in [0.25, 0.3) is 0 Å². The van der Waals surface area contributed by atoms with Crippen LogP contribution in [0, 0.1) is 11.6 Å². The number of hydrogen-bond acceptors (Lipinski definition) is 4. The van der Waals surface area contributed by atoms with Gasteiger partial charge in [0.15, 0.2) is 11.5 Å². The van der Waals surface area contributed by atoms with E-state index in [1.165, 1.54) is 6.07 Å². The number of hydrogen-bond donors (Lipinski definition) is 1. The standard InChI is InChI=1S/C18H19F2NO3S/c1-3-23-15-7-6-13(10-16(15)24-4-2)21-18(22)11-25-17-8-5-12(19)9-14(17)20/h5-10H,3-4,11H2,1-2H3,(H,21,22). The zero-order valence-electron chi connectivity index (χ0n) is 14.0. The Morgan fingerprint density at radius 3 is 2.44 bits per heavy atom. The van der Waals surface area contributed by atoms with E-state index in [1.54, 1.807) is 18.2 Å². The Morgan fingerprint density at radius 2 is 1.76 bits per heavy atom. The van der Waals surface area contributed by atoms with Gasteiger partial charge in [-0.05, 0) is 38.1 Å². The predicted octanol–water partition coefficient (Wildman–Crippen LogP) is 4.49. The van der Waals surface area contributed by atoms with Gasteiger partial charge >= 0.3 is 0 Å². The van der Waals surface area contributed by atoms with Crippen molar-refractivity contribution in [3.63, 3.8) is 0 Å². The molecule has 0 spiro atoms. The normalized spacial score (nSPS) is 10.4. The molecule has 2 aromatic carbocycles. The summed E-state index contributed by atoms with van der Waals surface area (Å²) < 4.78 is 37.4. The number of anilines is 1. The Labute approximate surface area is 149 Å². The Bertz CT molecular complexity index is 740. The smallest absolute Gasteiger partial charge is 0.234 e. The molecule has 4 nitrogen and oxygen atoms in total. The predicted molar refractivity (Wildman–Crippen MR) is 94.5 cm³/mol. The second-order valence-corrected chi connectivity index (χ2v) is 5.96. The van der Waals surface area contributed by atoms with Crippen LogP contribution in [0.1, 0.15) is 13.8 Å². The monoisotopic (exact) mass is 367 g/mol. The van der Waals surface area contributed by atoms with Gasteiger partial charge in [-0.25, -0.2) is 8.78 Å². The minimum atomic E-state index is -0.683. The number of nitrogens with one attached hydrogen (secondary N) is 1. The highest BCUT2D eigenvalue weighted by atomic mass is 32.2. The lowest BCUT2D eigenvalue weighted by atomic mass is 10.2. The first-order valence-electron chi connectivity index (χ1n) is 7.80. The van der Waals surface area contributed by atoms with Crippen molar-refractivity contribution in [2.45, 2.75) is 18.7 Å². The van der Waals surface area contributed by atoms with Gasteiger partial charge in [-0.1, -0.05) is 0 Å². The molecule has 1 amide bonds. The van der Waals surface area contributed by atoms with Gasteiger partial charge in [-0.3, -0.25) is 4.79 Å². The molecule has 7 heteroatoms. The molecule has 25 heavy (non-hydrogen) atoms. The number of ether oxygens (including phenoxy) is 2. The lowest BCUT2D eigenvalue weighted by Crippen LogP contribution is -2.14. The van der Waals surface area contributed by atoms with Crippen LogP contribution >= 0.6 is 11.8 Å². The van der Waals surface area contributed by atoms with Gasteiger partial charge in [0.1, 0.15) is 11.6 Å². The molecule has 0 atom stereocenters. The van der Waals surface area contributed by atoms with Crippen molar-refractivity contribution >= 4 is 23.4 Å². The summed E-state index contributed by atoms with van der Waals surface area (Å²) in [5, 5.41) is 2.72. The summed E-state index contributed by atoms with van der Waals surface area (Å²) >= 11 is 0.999. The van der Waals surface area contributed by atoms with Crippen LogP contribution in [0.2, 0.25) is 0 Å². The van der Waals surface area contributed by atoms with Crippen LogP contribution in [0.4, 0.5) is 14.5 Å². The van der Waals surface area contributed by atoms with Gasteiger partial charge < -0.3 is 14.8 Å². The number of benzene rings is 2. The van der Waals surface area contributed by atoms with E-state index in [1.807, 2.05) is 13.8 Å². The summed E-state index contributed by atoms with van der Waals surface area (Å²) in [5.74, 6) is -0.494. The number of carbonyl (C=O) groups excluding carboxylic acids is 1. The van der Waals surface area contributed by atoms with E-state index in [-0.39, 0.29) is 16.6 Å². The molecule has 0 aliphatic rings. The number of carbonyl (C=O) groups is 1. The molecule has 0 bridgehead atoms. The number of thioether (sulfide) groups is 1. The number of rotatable bonds is 8. The third kappa shape index (κ3) is 5.63. The van der Waals surface area contributed by atoms with E-state index < -0.39 is 11.6 Å². The molecule has 2 rings (SSSR count). The average molecular weight is 367 g/mol. The average Bonchev–Trinajstić information content (AvgIpc) is 2.57. The van der Waals surface area contributed by atoms with Crippen molar-refractivity contribution in [3.8, 4) is 11.5 Å². The second-order valence-electron chi connectivity index (χ2n) is 4.94. The highest BCUT2D eigenvalue weighted by Crippen LogP contribution is 2.31. The molecular formula is C18H19F2NO3S. The van der Waals surface area contributed by atoms with Gasteiger partial charge in [-0.2, -0.15) is 0 Å². The molecule has 0 aromatic heterocycles. The molecule has 0 heterocycles. The number of amides is 1. The zero-order chi connectivity index (χ0) is 18.2. The Balaban J connectivity index is 1.98. The first kappa shape index (κ1) is 19.1. The third-order valence-corrected chi connectivity index (χ3v) is 4.13. The lowest BCUT2D eigenvalue weighted by molar-refractivity contribution is -0.113. The molecule has 0 aliphatic carbocycles. The fourth-order valence-electron chi connectivity index (χ4n) is 2.06. The minimum absolute atomic E-state index is 0.000266. The van der Waals surface area contributed by atoms with Crippen molar-refractivity contribution < 1.29 is 23.0 Å². The van der Waals surface area contributed by atoms with Crippen molar-refractivity contribution in [2.24, 2.45) is 0 Å². The molecule has 2 aromatic rings. The van der Waals surface area contributed by atoms with Crippen LogP contribution in [0.3, 0.4) is 0 Å². The van der Waals surface area contributed by atoms with Crippen LogP contribution in [-0.4, -0.2) is 24.9 Å². The maximum absolute atomic E-state index is 13.6. The summed E-state index contributed by atoms with van der Waals surface area (Å²) in [5.41, 5.74) is 0.553. The molecule has 1 N–H and O–H groups in total. The van der Waals surface area contributed by atoms with E-state index >= 15 is 0 Å². The Morgan fingerprint density at radius 1 is 1.04 bits per heavy atom. The maximum Gasteiger partial charge on any atom is 0.234 e. The van der Waals surface area contributed by atoms with Gasteiger partial charge in [0, 0.05) is 22.7 Å². The summed E-state index contributed by atoms with van der Waals surface area (Å²) in [4.78, 5) is 12.3. The van der Waals surface area contributed by atoms with E-state index in [0.717, 1.165) is 23.9 Å². The van der Waals surface area contributed by atoms with E-state index in [4.69, 9.17) is 9.47 Å². The van der Waals surface area contributed by atoms with Crippen LogP contribution in [0.25, 0.3) is 0 Å². The maximum atomic E-state index is 13.6. The topological polar surface area (TPSA) is 47.6 Å². The largest absolute Gasteiger partial charge is 0.490 e. The van der Waals surface area contributed by atoms with Crippen LogP contribution in [0.5, 0.6) is 11.5 Å². The summed E-state index contributed by atoms with van der Waals surface area (Å²) in [6.07, 6.45) is 0. The van der Waals surface area contributed by atoms with Crippen molar-refractivity contribution in [1.82, 2.24) is 0 Å². The highest BCUT2D eigenvalue weighted by molar-refractivity contribution is 8.00. The van der Waals surface area contributed by atoms with Crippen LogP contribution < -0.4 is 14.8 Å². The summed E-state index contributed by atoms with van der Waals surface area (Å²) in [7, 11) is 0. The quantitative estimate of drug-likeness (QED) is 0.698. The summed E-state index contributed by atoms with van der Waals surface area (Å²) in [6, 6.07) is 8.36. The van der Waals surface area contributed by atoms with E-state index in [9.17, 15) is 13.6 Å². The first-order valence-corrected chi connectivity index (χ1v) is 8.79. The fourth-order valence-corrected chi connectivity index (χ4v) is 2.78. The molecule has 0 saturated carbocycles. The third-order valence-electron chi connectivity index (χ3n) is 3.08. The SMILES string of the molecule is CCOc1ccc(NC(=O)CSc2ccc(F)cc2F)cc1OCC. The molecule has 0 aliphatic heterocycles. The number of halogens is 2. The Hall–Kier alpha value is -2.28. The minimum Gasteiger partial charge on any atom is -0.490 e. The summed E-state index contributed by atoms with van der Waals surface area (Å²) in [6.45, 7) is 4.70. The molecule has 0 saturated heterocycles. The van der Waals surface area contributed by atoms with Crippen LogP contribution in [0.15, 0.2) is 41.3 Å². The van der Waals surface area contributed by atoms with Crippen molar-refractivity contribution in [3.05, 3.63) is 48.0 Å². The van der Waals surface area contributed by atoms with E-state index in [2.05, 4.69) is 5.32 Å². The Kier molecular flexibility index (Phi) is 7.06. The lowest BCUT2D eigenvalue weighted by Gasteiger charge is -2.13. The van der Waals surface area contributed by atoms with Gasteiger partial charge in [0.2, 0.25) is 5.91 Å². The molecule has 0 radical (unpaired) electrons. The molecular weight excluding hydrogens is 348 g/mol. The first-order chi connectivity index (χ1) is 12.0. The van der Waals surface area contributed by atoms with E-state index in [0.29, 0.717) is 30.4 Å². The van der Waals surface area contributed by atoms with Gasteiger partial charge in [0.05, 0.1) is 19.0 Å². The van der Waals surface area contributed by atoms with Crippen molar-refractivity contribution in [2.75, 3.05) is 24.3 Å². The zero-order valence-corrected chi connectivity index (χ0v) is 14.8. The fraction of sp³-hybridized carbons (Fsp3) is 0.278. The second kappa shape index (κ2) is 9.27.